The quantitative estimate of drug-likeness (QED) is 0.187. The number of hydrogen-bond acceptors (Lipinski definition) is 3. The van der Waals surface area contributed by atoms with Gasteiger partial charge in [0, 0.05) is 32.8 Å². The molecule has 0 spiro atoms. The van der Waals surface area contributed by atoms with Crippen LogP contribution in [-0.4, -0.2) is 6.61 Å². The largest absolute Gasteiger partial charge is 0.489 e. The second kappa shape index (κ2) is 10.8. The van der Waals surface area contributed by atoms with Gasteiger partial charge in [0.05, 0.1) is 0 Å². The van der Waals surface area contributed by atoms with Crippen molar-refractivity contribution < 1.29 is 13.9 Å². The first-order valence-corrected chi connectivity index (χ1v) is 15.9. The predicted octanol–water partition coefficient (Wildman–Crippen LogP) is 12.1. The highest BCUT2D eigenvalue weighted by Crippen LogP contribution is 2.51. The van der Waals surface area contributed by atoms with Crippen molar-refractivity contribution in [2.45, 2.75) is 6.92 Å². The lowest BCUT2D eigenvalue weighted by molar-refractivity contribution is 0.361. The molecule has 0 N–H and O–H groups in total. The summed E-state index contributed by atoms with van der Waals surface area (Å²) in [6.45, 7) is 6.72. The summed E-state index contributed by atoms with van der Waals surface area (Å²) in [5.41, 5.74) is 11.6. The Morgan fingerprint density at radius 3 is 2.47 bits per heavy atom. The first-order chi connectivity index (χ1) is 23.2. The van der Waals surface area contributed by atoms with Crippen molar-refractivity contribution in [2.75, 3.05) is 6.61 Å². The minimum atomic E-state index is 0.547. The molecule has 9 rings (SSSR count). The number of benzene rings is 6. The SMILES string of the molecule is C=C/C=C(/c1ccc2c(c1)oc1ccccc12)c1cccc2c1Oc1ccc(-c3ccc4c(c3)OC/C=C\C=C4C)c3cccc-2c13. The van der Waals surface area contributed by atoms with E-state index in [4.69, 9.17) is 13.9 Å². The molecule has 0 saturated carbocycles. The molecule has 0 saturated heterocycles. The van der Waals surface area contributed by atoms with Crippen molar-refractivity contribution in [3.8, 4) is 39.5 Å². The van der Waals surface area contributed by atoms with Gasteiger partial charge in [-0.1, -0.05) is 110 Å². The highest BCUT2D eigenvalue weighted by molar-refractivity contribution is 6.11. The maximum absolute atomic E-state index is 6.85. The van der Waals surface area contributed by atoms with Gasteiger partial charge in [0.2, 0.25) is 0 Å². The van der Waals surface area contributed by atoms with Crippen LogP contribution in [0, 0.1) is 0 Å². The second-order valence-electron chi connectivity index (χ2n) is 12.0. The van der Waals surface area contributed by atoms with Crippen LogP contribution < -0.4 is 9.47 Å². The Morgan fingerprint density at radius 1 is 0.702 bits per heavy atom. The third-order valence-electron chi connectivity index (χ3n) is 9.32. The lowest BCUT2D eigenvalue weighted by Crippen LogP contribution is -2.02. The van der Waals surface area contributed by atoms with Crippen LogP contribution in [-0.2, 0) is 0 Å². The predicted molar refractivity (Wildman–Crippen MR) is 194 cm³/mol. The molecular formula is C44H30O3. The number of rotatable bonds is 4. The van der Waals surface area contributed by atoms with Gasteiger partial charge in [-0.2, -0.15) is 0 Å². The summed E-state index contributed by atoms with van der Waals surface area (Å²) >= 11 is 0. The molecule has 0 aliphatic carbocycles. The molecule has 1 aromatic heterocycles. The van der Waals surface area contributed by atoms with E-state index < -0.39 is 0 Å². The molecule has 0 amide bonds. The van der Waals surface area contributed by atoms with E-state index >= 15 is 0 Å². The minimum Gasteiger partial charge on any atom is -0.489 e. The third-order valence-corrected chi connectivity index (χ3v) is 9.32. The van der Waals surface area contributed by atoms with Crippen LogP contribution in [0.5, 0.6) is 17.2 Å². The summed E-state index contributed by atoms with van der Waals surface area (Å²) in [5.74, 6) is 2.58. The summed E-state index contributed by atoms with van der Waals surface area (Å²) in [4.78, 5) is 0. The molecule has 3 heterocycles. The first-order valence-electron chi connectivity index (χ1n) is 15.9. The number of ether oxygens (including phenoxy) is 2. The van der Waals surface area contributed by atoms with Gasteiger partial charge in [-0.25, -0.2) is 0 Å². The van der Waals surface area contributed by atoms with E-state index in [1.54, 1.807) is 0 Å². The maximum Gasteiger partial charge on any atom is 0.143 e. The number of para-hydroxylation sites is 2. The molecule has 0 bridgehead atoms. The fourth-order valence-corrected chi connectivity index (χ4v) is 7.10. The van der Waals surface area contributed by atoms with Crippen LogP contribution in [0.15, 0.2) is 151 Å². The number of fused-ring (bicyclic) bond motifs is 6. The van der Waals surface area contributed by atoms with Crippen LogP contribution in [0.4, 0.5) is 0 Å². The van der Waals surface area contributed by atoms with Gasteiger partial charge < -0.3 is 13.9 Å². The van der Waals surface area contributed by atoms with Gasteiger partial charge in [0.15, 0.2) is 0 Å². The van der Waals surface area contributed by atoms with Crippen molar-refractivity contribution in [3.05, 3.63) is 163 Å². The molecule has 7 aromatic rings. The molecule has 6 aromatic carbocycles. The fraction of sp³-hybridized carbons (Fsp3) is 0.0455. The minimum absolute atomic E-state index is 0.547. The van der Waals surface area contributed by atoms with Gasteiger partial charge >= 0.3 is 0 Å². The Kier molecular flexibility index (Phi) is 6.26. The van der Waals surface area contributed by atoms with Crippen LogP contribution in [0.25, 0.3) is 66.1 Å². The Bertz CT molecular complexity index is 2520. The molecule has 224 valence electrons. The Balaban J connectivity index is 1.18. The summed E-state index contributed by atoms with van der Waals surface area (Å²) in [6.07, 6.45) is 10.1. The van der Waals surface area contributed by atoms with Crippen molar-refractivity contribution >= 4 is 43.9 Å². The van der Waals surface area contributed by atoms with Gasteiger partial charge in [-0.3, -0.25) is 0 Å². The zero-order chi connectivity index (χ0) is 31.5. The van der Waals surface area contributed by atoms with Crippen LogP contribution in [0.3, 0.4) is 0 Å². The smallest absolute Gasteiger partial charge is 0.143 e. The lowest BCUT2D eigenvalue weighted by atomic mass is 9.87. The van der Waals surface area contributed by atoms with E-state index in [1.165, 1.54) is 5.57 Å². The molecule has 3 heteroatoms. The Morgan fingerprint density at radius 2 is 1.53 bits per heavy atom. The summed E-state index contributed by atoms with van der Waals surface area (Å²) in [7, 11) is 0. The Hall–Kier alpha value is -6.06. The summed E-state index contributed by atoms with van der Waals surface area (Å²) < 4.78 is 19.3. The van der Waals surface area contributed by atoms with Crippen LogP contribution in [0.1, 0.15) is 23.6 Å². The molecule has 47 heavy (non-hydrogen) atoms. The normalized spacial score (nSPS) is 14.4. The van der Waals surface area contributed by atoms with Gasteiger partial charge in [-0.05, 0) is 82.1 Å². The molecule has 0 fully saturated rings. The van der Waals surface area contributed by atoms with Crippen LogP contribution >= 0.6 is 0 Å². The van der Waals surface area contributed by atoms with E-state index in [2.05, 4.69) is 123 Å². The van der Waals surface area contributed by atoms with E-state index in [0.29, 0.717) is 6.61 Å². The molecule has 0 radical (unpaired) electrons. The van der Waals surface area contributed by atoms with Crippen molar-refractivity contribution in [2.24, 2.45) is 0 Å². The highest BCUT2D eigenvalue weighted by Gasteiger charge is 2.25. The second-order valence-corrected chi connectivity index (χ2v) is 12.0. The molecule has 3 nitrogen and oxygen atoms in total. The average Bonchev–Trinajstić information content (AvgIpc) is 3.47. The highest BCUT2D eigenvalue weighted by atomic mass is 16.5. The Labute approximate surface area is 273 Å². The first kappa shape index (κ1) is 27.3. The van der Waals surface area contributed by atoms with Gasteiger partial charge in [0.1, 0.15) is 35.0 Å². The lowest BCUT2D eigenvalue weighted by Gasteiger charge is -2.25. The molecule has 2 aliphatic rings. The van der Waals surface area contributed by atoms with Crippen molar-refractivity contribution in [1.29, 1.82) is 0 Å². The molecule has 0 unspecified atom stereocenters. The molecule has 0 atom stereocenters. The monoisotopic (exact) mass is 606 g/mol. The number of allylic oxidation sites excluding steroid dienone is 5. The van der Waals surface area contributed by atoms with Crippen molar-refractivity contribution in [1.82, 2.24) is 0 Å². The maximum atomic E-state index is 6.85. The number of furan rings is 1. The zero-order valence-electron chi connectivity index (χ0n) is 25.9. The third kappa shape index (κ3) is 4.35. The van der Waals surface area contributed by atoms with Gasteiger partial charge in [-0.15, -0.1) is 0 Å². The molecule has 2 aliphatic heterocycles. The van der Waals surface area contributed by atoms with E-state index in [0.717, 1.165) is 94.5 Å². The van der Waals surface area contributed by atoms with E-state index in [-0.39, 0.29) is 0 Å². The van der Waals surface area contributed by atoms with Crippen LogP contribution in [0.2, 0.25) is 0 Å². The number of hydrogen-bond donors (Lipinski definition) is 0. The van der Waals surface area contributed by atoms with E-state index in [1.807, 2.05) is 30.4 Å². The molecular weight excluding hydrogens is 576 g/mol. The zero-order valence-corrected chi connectivity index (χ0v) is 25.9. The van der Waals surface area contributed by atoms with Gasteiger partial charge in [0.25, 0.3) is 0 Å². The van der Waals surface area contributed by atoms with Crippen molar-refractivity contribution in [3.63, 3.8) is 0 Å². The van der Waals surface area contributed by atoms with E-state index in [9.17, 15) is 0 Å². The summed E-state index contributed by atoms with van der Waals surface area (Å²) in [6, 6.07) is 38.3. The topological polar surface area (TPSA) is 31.6 Å². The summed E-state index contributed by atoms with van der Waals surface area (Å²) in [5, 5.41) is 4.47. The average molecular weight is 607 g/mol. The standard InChI is InChI=1S/C44H30O3/c1-3-10-31(29-19-21-34-33-12-4-5-17-39(33)46-42(34)26-29)37-15-9-16-38-36-14-8-13-35-32(22-23-40(43(35)36)47-44(37)38)28-18-20-30-27(2)11-6-7-24-45-41(30)25-28/h3-23,25-26H,1,24H2,2H3/b7-6-,27-11?,31-10-. The fourth-order valence-electron chi connectivity index (χ4n) is 7.10.